The smallest absolute Gasteiger partial charge is 0.275 e. The molecule has 3 rings (SSSR count). The van der Waals surface area contributed by atoms with Gasteiger partial charge in [-0.25, -0.2) is 0 Å². The maximum absolute atomic E-state index is 12.2. The van der Waals surface area contributed by atoms with Crippen molar-refractivity contribution in [3.8, 4) is 0 Å². The third-order valence-corrected chi connectivity index (χ3v) is 5.35. The molecule has 1 aliphatic heterocycles. The van der Waals surface area contributed by atoms with Gasteiger partial charge >= 0.3 is 0 Å². The molecule has 1 aromatic carbocycles. The molecule has 1 saturated carbocycles. The Morgan fingerprint density at radius 3 is 2.70 bits per heavy atom. The highest BCUT2D eigenvalue weighted by Crippen LogP contribution is 2.24. The zero-order valence-corrected chi connectivity index (χ0v) is 14.7. The molecule has 2 N–H and O–H groups in total. The van der Waals surface area contributed by atoms with Crippen LogP contribution in [0, 0.1) is 6.92 Å². The number of carbonyl (C=O) groups is 1. The summed E-state index contributed by atoms with van der Waals surface area (Å²) in [6.07, 6.45) is 4.83. The van der Waals surface area contributed by atoms with E-state index in [1.165, 1.54) is 29.0 Å². The van der Waals surface area contributed by atoms with Crippen molar-refractivity contribution in [2.75, 3.05) is 37.6 Å². The molecule has 1 amide bonds. The van der Waals surface area contributed by atoms with E-state index in [9.17, 15) is 4.79 Å². The van der Waals surface area contributed by atoms with Gasteiger partial charge in [-0.05, 0) is 37.5 Å². The summed E-state index contributed by atoms with van der Waals surface area (Å²) in [5, 5.41) is 3.98. The van der Waals surface area contributed by atoms with Crippen molar-refractivity contribution in [2.24, 2.45) is 0 Å². The number of carbonyl (C=O) groups excluding carboxylic acids is 1. The third kappa shape index (κ3) is 4.39. The van der Waals surface area contributed by atoms with Crippen LogP contribution < -0.4 is 15.1 Å². The van der Waals surface area contributed by atoms with Gasteiger partial charge in [-0.1, -0.05) is 30.5 Å². The predicted octanol–water partition coefficient (Wildman–Crippen LogP) is 1.41. The van der Waals surface area contributed by atoms with Crippen molar-refractivity contribution in [2.45, 2.75) is 38.6 Å². The van der Waals surface area contributed by atoms with Crippen LogP contribution in [0.1, 0.15) is 31.2 Å². The first kappa shape index (κ1) is 16.6. The average molecular weight is 337 g/mol. The highest BCUT2D eigenvalue weighted by molar-refractivity contribution is 6.30. The number of amides is 1. The molecule has 0 aromatic heterocycles. The van der Waals surface area contributed by atoms with E-state index in [1.807, 2.05) is 6.07 Å². The fraction of sp³-hybridized carbons (Fsp3) is 0.611. The molecule has 0 bridgehead atoms. The maximum Gasteiger partial charge on any atom is 0.275 e. The Bertz CT molecular complexity index is 549. The lowest BCUT2D eigenvalue weighted by molar-refractivity contribution is -0.892. The molecular weight excluding hydrogens is 310 g/mol. The molecular formula is C18H27ClN3O+. The molecule has 4 nitrogen and oxygen atoms in total. The van der Waals surface area contributed by atoms with Crippen molar-refractivity contribution >= 4 is 23.2 Å². The largest absolute Gasteiger partial charge is 0.360 e. The topological polar surface area (TPSA) is 36.8 Å². The van der Waals surface area contributed by atoms with Crippen LogP contribution >= 0.6 is 11.6 Å². The van der Waals surface area contributed by atoms with Crippen LogP contribution in [0.4, 0.5) is 5.69 Å². The minimum absolute atomic E-state index is 0.222. The van der Waals surface area contributed by atoms with E-state index in [-0.39, 0.29) is 5.91 Å². The minimum Gasteiger partial charge on any atom is -0.360 e. The highest BCUT2D eigenvalue weighted by atomic mass is 35.5. The van der Waals surface area contributed by atoms with Crippen LogP contribution in [0.25, 0.3) is 0 Å². The van der Waals surface area contributed by atoms with Crippen molar-refractivity contribution in [1.29, 1.82) is 0 Å². The normalized spacial score (nSPS) is 20.0. The molecule has 1 aliphatic carbocycles. The third-order valence-electron chi connectivity index (χ3n) is 5.11. The van der Waals surface area contributed by atoms with Crippen LogP contribution in [-0.2, 0) is 4.79 Å². The van der Waals surface area contributed by atoms with E-state index in [4.69, 9.17) is 11.6 Å². The van der Waals surface area contributed by atoms with Gasteiger partial charge in [-0.3, -0.25) is 4.79 Å². The minimum atomic E-state index is 0.222. The second kappa shape index (κ2) is 7.54. The summed E-state index contributed by atoms with van der Waals surface area (Å²) in [4.78, 5) is 15.9. The molecule has 0 spiro atoms. The number of nitrogens with zero attached hydrogens (tertiary/aromatic N) is 1. The van der Waals surface area contributed by atoms with E-state index < -0.39 is 0 Å². The van der Waals surface area contributed by atoms with Gasteiger partial charge in [0.25, 0.3) is 5.91 Å². The molecule has 2 aliphatic rings. The number of aryl methyl sites for hydroxylation is 1. The number of halogens is 1. The summed E-state index contributed by atoms with van der Waals surface area (Å²) < 4.78 is 0. The van der Waals surface area contributed by atoms with Crippen molar-refractivity contribution < 1.29 is 9.69 Å². The molecule has 0 radical (unpaired) electrons. The van der Waals surface area contributed by atoms with E-state index in [0.717, 1.165) is 44.0 Å². The van der Waals surface area contributed by atoms with E-state index >= 15 is 0 Å². The standard InChI is InChI=1S/C18H26ClN3O/c1-14-6-7-15(19)12-17(14)22-10-8-21(9-11-22)13-18(23)20-16-4-2-3-5-16/h6-7,12,16H,2-5,8-11,13H2,1H3,(H,20,23)/p+1. The number of nitrogens with one attached hydrogen (secondary N) is 2. The van der Waals surface area contributed by atoms with Crippen LogP contribution in [-0.4, -0.2) is 44.7 Å². The van der Waals surface area contributed by atoms with Gasteiger partial charge in [-0.2, -0.15) is 0 Å². The highest BCUT2D eigenvalue weighted by Gasteiger charge is 2.25. The number of hydrogen-bond donors (Lipinski definition) is 2. The zero-order chi connectivity index (χ0) is 16.2. The zero-order valence-electron chi connectivity index (χ0n) is 13.9. The number of anilines is 1. The molecule has 1 saturated heterocycles. The summed E-state index contributed by atoms with van der Waals surface area (Å²) in [7, 11) is 0. The molecule has 1 aromatic rings. The number of quaternary nitrogens is 1. The van der Waals surface area contributed by atoms with Crippen LogP contribution in [0.2, 0.25) is 5.02 Å². The fourth-order valence-electron chi connectivity index (χ4n) is 3.74. The van der Waals surface area contributed by atoms with E-state index in [0.29, 0.717) is 12.6 Å². The number of rotatable bonds is 4. The van der Waals surface area contributed by atoms with Crippen molar-refractivity contribution in [1.82, 2.24) is 5.32 Å². The van der Waals surface area contributed by atoms with Gasteiger partial charge in [0.15, 0.2) is 6.54 Å². The van der Waals surface area contributed by atoms with Crippen LogP contribution in [0.3, 0.4) is 0 Å². The molecule has 5 heteroatoms. The van der Waals surface area contributed by atoms with Gasteiger partial charge < -0.3 is 15.1 Å². The first-order valence-electron chi connectivity index (χ1n) is 8.76. The van der Waals surface area contributed by atoms with Gasteiger partial charge in [-0.15, -0.1) is 0 Å². The first-order chi connectivity index (χ1) is 11.1. The van der Waals surface area contributed by atoms with Crippen LogP contribution in [0.15, 0.2) is 18.2 Å². The van der Waals surface area contributed by atoms with E-state index in [2.05, 4.69) is 29.3 Å². The molecule has 2 fully saturated rings. The average Bonchev–Trinajstić information content (AvgIpc) is 3.03. The quantitative estimate of drug-likeness (QED) is 0.872. The molecule has 126 valence electrons. The van der Waals surface area contributed by atoms with Gasteiger partial charge in [0.05, 0.1) is 26.2 Å². The Labute approximate surface area is 143 Å². The second-order valence-electron chi connectivity index (χ2n) is 6.89. The Morgan fingerprint density at radius 1 is 1.30 bits per heavy atom. The van der Waals surface area contributed by atoms with Gasteiger partial charge in [0.1, 0.15) is 0 Å². The molecule has 0 unspecified atom stereocenters. The summed E-state index contributed by atoms with van der Waals surface area (Å²) in [5.74, 6) is 0.222. The molecule has 23 heavy (non-hydrogen) atoms. The molecule has 0 atom stereocenters. The fourth-order valence-corrected chi connectivity index (χ4v) is 3.91. The Morgan fingerprint density at radius 2 is 2.00 bits per heavy atom. The first-order valence-corrected chi connectivity index (χ1v) is 9.13. The Hall–Kier alpha value is -1.26. The van der Waals surface area contributed by atoms with Crippen LogP contribution in [0.5, 0.6) is 0 Å². The Balaban J connectivity index is 1.48. The predicted molar refractivity (Wildman–Crippen MR) is 94.4 cm³/mol. The Kier molecular flexibility index (Phi) is 5.44. The maximum atomic E-state index is 12.2. The number of benzene rings is 1. The van der Waals surface area contributed by atoms with Gasteiger partial charge in [0.2, 0.25) is 0 Å². The van der Waals surface area contributed by atoms with Crippen molar-refractivity contribution in [3.05, 3.63) is 28.8 Å². The summed E-state index contributed by atoms with van der Waals surface area (Å²) in [5.41, 5.74) is 2.49. The number of piperazine rings is 1. The van der Waals surface area contributed by atoms with E-state index in [1.54, 1.807) is 0 Å². The molecule has 1 heterocycles. The van der Waals surface area contributed by atoms with Crippen molar-refractivity contribution in [3.63, 3.8) is 0 Å². The summed E-state index contributed by atoms with van der Waals surface area (Å²) >= 11 is 6.13. The second-order valence-corrected chi connectivity index (χ2v) is 7.33. The lowest BCUT2D eigenvalue weighted by Crippen LogP contribution is -3.16. The number of hydrogen-bond acceptors (Lipinski definition) is 2. The summed E-state index contributed by atoms with van der Waals surface area (Å²) in [6.45, 7) is 6.70. The monoisotopic (exact) mass is 336 g/mol. The lowest BCUT2D eigenvalue weighted by atomic mass is 10.1. The van der Waals surface area contributed by atoms with Gasteiger partial charge in [0, 0.05) is 16.8 Å². The summed E-state index contributed by atoms with van der Waals surface area (Å²) in [6, 6.07) is 6.49. The SMILES string of the molecule is Cc1ccc(Cl)cc1N1CC[NH+](CC(=O)NC2CCCC2)CC1. The lowest BCUT2D eigenvalue weighted by Gasteiger charge is -2.34.